The summed E-state index contributed by atoms with van der Waals surface area (Å²) in [5.41, 5.74) is 1.98. The SMILES string of the molecule is CCNC(=NCCS(=O)(=O)C(C)(C)C)NC1CCCN(c2ccc(F)cc2C)C1.I. The molecule has 0 amide bonds. The quantitative estimate of drug-likeness (QED) is 0.320. The van der Waals surface area contributed by atoms with E-state index in [-0.39, 0.29) is 48.1 Å². The summed E-state index contributed by atoms with van der Waals surface area (Å²) in [6.45, 7) is 11.7. The number of aliphatic imine (C=N–C) groups is 1. The minimum absolute atomic E-state index is 0. The number of sulfone groups is 1. The van der Waals surface area contributed by atoms with Gasteiger partial charge in [0.25, 0.3) is 0 Å². The summed E-state index contributed by atoms with van der Waals surface area (Å²) in [5.74, 6) is 0.447. The Morgan fingerprint density at radius 2 is 2.03 bits per heavy atom. The Kier molecular flexibility index (Phi) is 10.3. The van der Waals surface area contributed by atoms with E-state index < -0.39 is 14.6 Å². The Morgan fingerprint density at radius 3 is 2.63 bits per heavy atom. The third-order valence-corrected chi connectivity index (χ3v) is 7.75. The molecule has 1 aromatic rings. The maximum absolute atomic E-state index is 13.4. The lowest BCUT2D eigenvalue weighted by Gasteiger charge is -2.36. The van der Waals surface area contributed by atoms with Crippen molar-refractivity contribution < 1.29 is 12.8 Å². The van der Waals surface area contributed by atoms with Crippen LogP contribution in [0.4, 0.5) is 10.1 Å². The minimum Gasteiger partial charge on any atom is -0.369 e. The maximum Gasteiger partial charge on any atom is 0.191 e. The van der Waals surface area contributed by atoms with Crippen LogP contribution in [0.1, 0.15) is 46.1 Å². The van der Waals surface area contributed by atoms with Crippen molar-refractivity contribution in [3.63, 3.8) is 0 Å². The molecule has 9 heteroatoms. The molecule has 1 fully saturated rings. The van der Waals surface area contributed by atoms with Crippen LogP contribution in [0, 0.1) is 12.7 Å². The molecule has 1 aliphatic rings. The van der Waals surface area contributed by atoms with Crippen molar-refractivity contribution in [1.29, 1.82) is 0 Å². The molecule has 1 aromatic carbocycles. The van der Waals surface area contributed by atoms with Gasteiger partial charge in [-0.25, -0.2) is 12.8 Å². The van der Waals surface area contributed by atoms with Gasteiger partial charge in [0.15, 0.2) is 15.8 Å². The second-order valence-electron chi connectivity index (χ2n) is 8.55. The van der Waals surface area contributed by atoms with Gasteiger partial charge in [-0.2, -0.15) is 0 Å². The van der Waals surface area contributed by atoms with E-state index in [4.69, 9.17) is 0 Å². The first-order valence-electron chi connectivity index (χ1n) is 10.3. The number of guanidine groups is 1. The molecule has 172 valence electrons. The zero-order valence-electron chi connectivity index (χ0n) is 18.7. The largest absolute Gasteiger partial charge is 0.369 e. The van der Waals surface area contributed by atoms with Crippen molar-refractivity contribution in [3.05, 3.63) is 29.6 Å². The van der Waals surface area contributed by atoms with Gasteiger partial charge in [-0.05, 0) is 71.2 Å². The number of halogens is 2. The molecule has 1 unspecified atom stereocenters. The molecule has 2 N–H and O–H groups in total. The Balaban J connectivity index is 0.00000450. The number of hydrogen-bond donors (Lipinski definition) is 2. The van der Waals surface area contributed by atoms with Crippen LogP contribution < -0.4 is 15.5 Å². The van der Waals surface area contributed by atoms with Crippen molar-refractivity contribution in [1.82, 2.24) is 10.6 Å². The van der Waals surface area contributed by atoms with Crippen LogP contribution >= 0.6 is 24.0 Å². The van der Waals surface area contributed by atoms with Gasteiger partial charge in [-0.1, -0.05) is 0 Å². The first-order valence-corrected chi connectivity index (χ1v) is 12.0. The van der Waals surface area contributed by atoms with Gasteiger partial charge in [0.2, 0.25) is 0 Å². The van der Waals surface area contributed by atoms with Crippen molar-refractivity contribution >= 4 is 45.5 Å². The van der Waals surface area contributed by atoms with Crippen LogP contribution in [0.5, 0.6) is 0 Å². The highest BCUT2D eigenvalue weighted by atomic mass is 127. The van der Waals surface area contributed by atoms with E-state index in [0.29, 0.717) is 12.5 Å². The predicted molar refractivity (Wildman–Crippen MR) is 134 cm³/mol. The Hall–Kier alpha value is -1.10. The van der Waals surface area contributed by atoms with E-state index in [0.717, 1.165) is 37.2 Å². The number of anilines is 1. The molecule has 0 saturated carbocycles. The number of nitrogens with one attached hydrogen (secondary N) is 2. The summed E-state index contributed by atoms with van der Waals surface area (Å²) in [6.07, 6.45) is 2.02. The molecule has 1 atom stereocenters. The lowest BCUT2D eigenvalue weighted by molar-refractivity contribution is 0.467. The summed E-state index contributed by atoms with van der Waals surface area (Å²) >= 11 is 0. The highest BCUT2D eigenvalue weighted by Crippen LogP contribution is 2.24. The monoisotopic (exact) mass is 554 g/mol. The maximum atomic E-state index is 13.4. The fraction of sp³-hybridized carbons (Fsp3) is 0.667. The van der Waals surface area contributed by atoms with E-state index in [1.165, 1.54) is 6.07 Å². The van der Waals surface area contributed by atoms with Gasteiger partial charge in [0.05, 0.1) is 17.0 Å². The van der Waals surface area contributed by atoms with Crippen LogP contribution in [-0.4, -0.2) is 57.1 Å². The molecule has 1 heterocycles. The molecule has 1 aliphatic heterocycles. The van der Waals surface area contributed by atoms with Gasteiger partial charge < -0.3 is 15.5 Å². The molecular formula is C21H36FIN4O2S. The summed E-state index contributed by atoms with van der Waals surface area (Å²) in [6, 6.07) is 5.09. The topological polar surface area (TPSA) is 73.8 Å². The average molecular weight is 555 g/mol. The Labute approximate surface area is 198 Å². The number of aryl methyl sites for hydroxylation is 1. The molecule has 30 heavy (non-hydrogen) atoms. The van der Waals surface area contributed by atoms with Gasteiger partial charge in [0.1, 0.15) is 5.82 Å². The molecular weight excluding hydrogens is 518 g/mol. The summed E-state index contributed by atoms with van der Waals surface area (Å²) < 4.78 is 37.2. The first-order chi connectivity index (χ1) is 13.5. The third-order valence-electron chi connectivity index (χ3n) is 5.17. The second-order valence-corrected chi connectivity index (χ2v) is 11.4. The predicted octanol–water partition coefficient (Wildman–Crippen LogP) is 3.49. The van der Waals surface area contributed by atoms with Gasteiger partial charge in [0, 0.05) is 31.4 Å². The number of nitrogens with zero attached hydrogens (tertiary/aromatic N) is 2. The number of piperidine rings is 1. The highest BCUT2D eigenvalue weighted by Gasteiger charge is 2.28. The van der Waals surface area contributed by atoms with Crippen molar-refractivity contribution in [2.24, 2.45) is 4.99 Å². The van der Waals surface area contributed by atoms with Crippen molar-refractivity contribution in [2.75, 3.05) is 36.8 Å². The minimum atomic E-state index is -3.20. The van der Waals surface area contributed by atoms with Gasteiger partial charge in [-0.15, -0.1) is 24.0 Å². The fourth-order valence-corrected chi connectivity index (χ4v) is 4.33. The van der Waals surface area contributed by atoms with E-state index in [9.17, 15) is 12.8 Å². The molecule has 2 rings (SSSR count). The third kappa shape index (κ3) is 7.55. The molecule has 0 aliphatic carbocycles. The zero-order chi connectivity index (χ0) is 21.7. The van der Waals surface area contributed by atoms with Crippen LogP contribution in [0.3, 0.4) is 0 Å². The van der Waals surface area contributed by atoms with Crippen molar-refractivity contribution in [3.8, 4) is 0 Å². The van der Waals surface area contributed by atoms with Crippen LogP contribution in [0.25, 0.3) is 0 Å². The first kappa shape index (κ1) is 26.9. The van der Waals surface area contributed by atoms with Crippen LogP contribution in [0.15, 0.2) is 23.2 Å². The Bertz CT molecular complexity index is 825. The normalized spacial score (nSPS) is 18.0. The lowest BCUT2D eigenvalue weighted by atomic mass is 10.0. The molecule has 6 nitrogen and oxygen atoms in total. The lowest BCUT2D eigenvalue weighted by Crippen LogP contribution is -2.51. The van der Waals surface area contributed by atoms with E-state index in [1.807, 2.05) is 19.9 Å². The number of benzene rings is 1. The van der Waals surface area contributed by atoms with Crippen LogP contribution in [0.2, 0.25) is 0 Å². The van der Waals surface area contributed by atoms with Gasteiger partial charge >= 0.3 is 0 Å². The van der Waals surface area contributed by atoms with E-state index >= 15 is 0 Å². The highest BCUT2D eigenvalue weighted by molar-refractivity contribution is 14.0. The Morgan fingerprint density at radius 1 is 1.33 bits per heavy atom. The van der Waals surface area contributed by atoms with E-state index in [1.54, 1.807) is 26.8 Å². The standard InChI is InChI=1S/C21H35FN4O2S.HI/c1-6-23-20(24-11-13-29(27,28)21(3,4)5)25-18-8-7-12-26(15-18)19-10-9-17(22)14-16(19)2;/h9-10,14,18H,6-8,11-13,15H2,1-5H3,(H2,23,24,25);1H. The summed E-state index contributed by atoms with van der Waals surface area (Å²) in [5, 5.41) is 6.65. The fourth-order valence-electron chi connectivity index (χ4n) is 3.38. The summed E-state index contributed by atoms with van der Waals surface area (Å²) in [4.78, 5) is 6.75. The smallest absolute Gasteiger partial charge is 0.191 e. The van der Waals surface area contributed by atoms with Gasteiger partial charge in [-0.3, -0.25) is 4.99 Å². The number of hydrogen-bond acceptors (Lipinski definition) is 4. The zero-order valence-corrected chi connectivity index (χ0v) is 21.8. The molecule has 0 bridgehead atoms. The number of rotatable bonds is 6. The molecule has 0 spiro atoms. The van der Waals surface area contributed by atoms with Crippen LogP contribution in [-0.2, 0) is 9.84 Å². The molecule has 1 saturated heterocycles. The molecule has 0 aromatic heterocycles. The average Bonchev–Trinajstić information content (AvgIpc) is 2.61. The molecule has 0 radical (unpaired) electrons. The second kappa shape index (κ2) is 11.5. The van der Waals surface area contributed by atoms with E-state index in [2.05, 4.69) is 20.5 Å². The summed E-state index contributed by atoms with van der Waals surface area (Å²) in [7, 11) is -3.20. The van der Waals surface area contributed by atoms with Crippen molar-refractivity contribution in [2.45, 2.75) is 58.2 Å².